The van der Waals surface area contributed by atoms with Crippen molar-refractivity contribution >= 4 is 33.4 Å². The van der Waals surface area contributed by atoms with Crippen LogP contribution in [0.5, 0.6) is 0 Å². The fourth-order valence-corrected chi connectivity index (χ4v) is 2.37. The number of hydrogen-bond acceptors (Lipinski definition) is 5. The number of ether oxygens (including phenoxy) is 1. The van der Waals surface area contributed by atoms with Crippen LogP contribution in [0.3, 0.4) is 0 Å². The third kappa shape index (κ3) is 3.77. The summed E-state index contributed by atoms with van der Waals surface area (Å²) in [4.78, 5) is 27.4. The van der Waals surface area contributed by atoms with Crippen LogP contribution < -0.4 is 5.32 Å². The zero-order valence-corrected chi connectivity index (χ0v) is 12.0. The smallest absolute Gasteiger partial charge is 0.338 e. The number of hydrogen-bond donors (Lipinski definition) is 1. The van der Waals surface area contributed by atoms with E-state index in [9.17, 15) is 9.59 Å². The van der Waals surface area contributed by atoms with Crippen molar-refractivity contribution in [3.63, 3.8) is 0 Å². The molecule has 106 valence electrons. The first-order valence-electron chi connectivity index (χ1n) is 6.47. The van der Waals surface area contributed by atoms with Crippen molar-refractivity contribution in [2.75, 3.05) is 13.2 Å². The minimum Gasteiger partial charge on any atom is -0.452 e. The Labute approximate surface area is 121 Å². The van der Waals surface area contributed by atoms with Crippen LogP contribution >= 0.6 is 11.3 Å². The number of amides is 1. The highest BCUT2D eigenvalue weighted by atomic mass is 32.1. The summed E-state index contributed by atoms with van der Waals surface area (Å²) in [6.45, 7) is 2.41. The lowest BCUT2D eigenvalue weighted by molar-refractivity contribution is -0.124. The van der Waals surface area contributed by atoms with Gasteiger partial charge in [-0.1, -0.05) is 13.3 Å². The van der Waals surface area contributed by atoms with E-state index in [1.807, 2.05) is 6.92 Å². The van der Waals surface area contributed by atoms with Crippen molar-refractivity contribution < 1.29 is 14.3 Å². The van der Waals surface area contributed by atoms with Crippen molar-refractivity contribution in [2.24, 2.45) is 0 Å². The first-order chi connectivity index (χ1) is 9.70. The first-order valence-corrected chi connectivity index (χ1v) is 7.35. The SMILES string of the molecule is CCCCNC(=O)COC(=O)c1ccc2ncsc2c1. The molecule has 1 aromatic heterocycles. The number of thiazole rings is 1. The van der Waals surface area contributed by atoms with Gasteiger partial charge < -0.3 is 10.1 Å². The number of fused-ring (bicyclic) bond motifs is 1. The normalized spacial score (nSPS) is 10.4. The molecule has 2 aromatic rings. The van der Waals surface area contributed by atoms with Crippen molar-refractivity contribution in [1.82, 2.24) is 10.3 Å². The van der Waals surface area contributed by atoms with E-state index in [-0.39, 0.29) is 12.5 Å². The number of esters is 1. The Bertz CT molecular complexity index is 609. The second-order valence-corrected chi connectivity index (χ2v) is 5.20. The third-order valence-corrected chi connectivity index (χ3v) is 3.55. The molecule has 0 saturated carbocycles. The second kappa shape index (κ2) is 7.00. The Morgan fingerprint density at radius 1 is 1.40 bits per heavy atom. The molecule has 0 fully saturated rings. The van der Waals surface area contributed by atoms with Gasteiger partial charge >= 0.3 is 5.97 Å². The molecular formula is C14H16N2O3S. The van der Waals surface area contributed by atoms with E-state index in [1.54, 1.807) is 23.7 Å². The lowest BCUT2D eigenvalue weighted by Gasteiger charge is -2.06. The topological polar surface area (TPSA) is 68.3 Å². The van der Waals surface area contributed by atoms with Crippen molar-refractivity contribution in [3.05, 3.63) is 29.3 Å². The molecule has 0 bridgehead atoms. The van der Waals surface area contributed by atoms with Gasteiger partial charge in [0.25, 0.3) is 5.91 Å². The summed E-state index contributed by atoms with van der Waals surface area (Å²) in [7, 11) is 0. The number of nitrogens with zero attached hydrogens (tertiary/aromatic N) is 1. The van der Waals surface area contributed by atoms with Gasteiger partial charge in [-0.3, -0.25) is 4.79 Å². The molecule has 0 atom stereocenters. The van der Waals surface area contributed by atoms with Gasteiger partial charge in [-0.05, 0) is 24.6 Å². The Kier molecular flexibility index (Phi) is 5.06. The predicted octanol–water partition coefficient (Wildman–Crippen LogP) is 2.37. The highest BCUT2D eigenvalue weighted by molar-refractivity contribution is 7.16. The monoisotopic (exact) mass is 292 g/mol. The quantitative estimate of drug-likeness (QED) is 0.655. The Balaban J connectivity index is 1.86. The maximum atomic E-state index is 11.8. The molecule has 0 aliphatic carbocycles. The Hall–Kier alpha value is -1.95. The average molecular weight is 292 g/mol. The number of carbonyl (C=O) groups is 2. The van der Waals surface area contributed by atoms with Crippen molar-refractivity contribution in [3.8, 4) is 0 Å². The summed E-state index contributed by atoms with van der Waals surface area (Å²) in [5.74, 6) is -0.767. The molecular weight excluding hydrogens is 276 g/mol. The number of nitrogens with one attached hydrogen (secondary N) is 1. The summed E-state index contributed by atoms with van der Waals surface area (Å²) in [5.41, 5.74) is 3.01. The zero-order valence-electron chi connectivity index (χ0n) is 11.2. The third-order valence-electron chi connectivity index (χ3n) is 2.75. The molecule has 0 spiro atoms. The number of benzene rings is 1. The second-order valence-electron chi connectivity index (χ2n) is 4.31. The van der Waals surface area contributed by atoms with Gasteiger partial charge in [0.2, 0.25) is 0 Å². The van der Waals surface area contributed by atoms with Gasteiger partial charge in [0, 0.05) is 6.54 Å². The maximum absolute atomic E-state index is 11.8. The Morgan fingerprint density at radius 3 is 3.05 bits per heavy atom. The van der Waals surface area contributed by atoms with Crippen LogP contribution in [-0.4, -0.2) is 30.0 Å². The molecule has 0 unspecified atom stereocenters. The molecule has 0 saturated heterocycles. The number of aromatic nitrogens is 1. The number of unbranched alkanes of at least 4 members (excludes halogenated alkanes) is 1. The molecule has 0 radical (unpaired) electrons. The highest BCUT2D eigenvalue weighted by Gasteiger charge is 2.11. The van der Waals surface area contributed by atoms with E-state index in [0.717, 1.165) is 23.1 Å². The number of rotatable bonds is 6. The molecule has 0 aliphatic rings. The van der Waals surface area contributed by atoms with Gasteiger partial charge in [-0.2, -0.15) is 0 Å². The summed E-state index contributed by atoms with van der Waals surface area (Å²) < 4.78 is 5.90. The fraction of sp³-hybridized carbons (Fsp3) is 0.357. The standard InChI is InChI=1S/C14H16N2O3S/c1-2-3-6-15-13(17)8-19-14(18)10-4-5-11-12(7-10)20-9-16-11/h4-5,7,9H,2-3,6,8H2,1H3,(H,15,17). The summed E-state index contributed by atoms with van der Waals surface area (Å²) in [6.07, 6.45) is 1.93. The first kappa shape index (κ1) is 14.5. The van der Waals surface area contributed by atoms with E-state index in [2.05, 4.69) is 10.3 Å². The molecule has 20 heavy (non-hydrogen) atoms. The van der Waals surface area contributed by atoms with Crippen molar-refractivity contribution in [1.29, 1.82) is 0 Å². The molecule has 6 heteroatoms. The lowest BCUT2D eigenvalue weighted by atomic mass is 10.2. The minimum atomic E-state index is -0.494. The van der Waals surface area contributed by atoms with E-state index < -0.39 is 5.97 Å². The van der Waals surface area contributed by atoms with E-state index >= 15 is 0 Å². The van der Waals surface area contributed by atoms with E-state index in [0.29, 0.717) is 12.1 Å². The van der Waals surface area contributed by atoms with Crippen LogP contribution in [0.1, 0.15) is 30.1 Å². The fourth-order valence-electron chi connectivity index (χ4n) is 1.65. The molecule has 1 heterocycles. The summed E-state index contributed by atoms with van der Waals surface area (Å²) >= 11 is 1.46. The van der Waals surface area contributed by atoms with Crippen LogP contribution in [0, 0.1) is 0 Å². The largest absolute Gasteiger partial charge is 0.452 e. The molecule has 0 aliphatic heterocycles. The summed E-state index contributed by atoms with van der Waals surface area (Å²) in [6, 6.07) is 5.15. The molecule has 5 nitrogen and oxygen atoms in total. The Morgan fingerprint density at radius 2 is 2.25 bits per heavy atom. The maximum Gasteiger partial charge on any atom is 0.338 e. The van der Waals surface area contributed by atoms with Crippen LogP contribution in [-0.2, 0) is 9.53 Å². The minimum absolute atomic E-state index is 0.247. The van der Waals surface area contributed by atoms with E-state index in [4.69, 9.17) is 4.74 Å². The van der Waals surface area contributed by atoms with Gasteiger partial charge in [-0.15, -0.1) is 11.3 Å². The molecule has 1 aromatic carbocycles. The average Bonchev–Trinajstić information content (AvgIpc) is 2.92. The van der Waals surface area contributed by atoms with Crippen LogP contribution in [0.4, 0.5) is 0 Å². The summed E-state index contributed by atoms with van der Waals surface area (Å²) in [5, 5.41) is 2.69. The molecule has 2 rings (SSSR count). The van der Waals surface area contributed by atoms with Gasteiger partial charge in [0.1, 0.15) is 0 Å². The van der Waals surface area contributed by atoms with Gasteiger partial charge in [-0.25, -0.2) is 9.78 Å². The van der Waals surface area contributed by atoms with Crippen LogP contribution in [0.2, 0.25) is 0 Å². The molecule has 1 amide bonds. The van der Waals surface area contributed by atoms with Crippen molar-refractivity contribution in [2.45, 2.75) is 19.8 Å². The van der Waals surface area contributed by atoms with Gasteiger partial charge in [0.15, 0.2) is 6.61 Å². The highest BCUT2D eigenvalue weighted by Crippen LogP contribution is 2.19. The predicted molar refractivity (Wildman–Crippen MR) is 77.8 cm³/mol. The molecule has 1 N–H and O–H groups in total. The zero-order chi connectivity index (χ0) is 14.4. The van der Waals surface area contributed by atoms with Gasteiger partial charge in [0.05, 0.1) is 21.3 Å². The lowest BCUT2D eigenvalue weighted by Crippen LogP contribution is -2.29. The van der Waals surface area contributed by atoms with E-state index in [1.165, 1.54) is 11.3 Å². The van der Waals surface area contributed by atoms with Crippen LogP contribution in [0.15, 0.2) is 23.7 Å². The number of carbonyl (C=O) groups excluding carboxylic acids is 2. The van der Waals surface area contributed by atoms with Crippen LogP contribution in [0.25, 0.3) is 10.2 Å².